The van der Waals surface area contributed by atoms with Gasteiger partial charge in [-0.25, -0.2) is 0 Å². The topological polar surface area (TPSA) is 42.9 Å². The van der Waals surface area contributed by atoms with Gasteiger partial charge in [0.1, 0.15) is 0 Å². The van der Waals surface area contributed by atoms with Gasteiger partial charge in [-0.1, -0.05) is 25.1 Å². The summed E-state index contributed by atoms with van der Waals surface area (Å²) in [7, 11) is 0. The summed E-state index contributed by atoms with van der Waals surface area (Å²) in [6.07, 6.45) is 1.14. The van der Waals surface area contributed by atoms with Crippen LogP contribution in [0.3, 0.4) is 0 Å². The van der Waals surface area contributed by atoms with Crippen molar-refractivity contribution in [3.05, 3.63) is 57.9 Å². The summed E-state index contributed by atoms with van der Waals surface area (Å²) in [5, 5.41) is 8.14. The van der Waals surface area contributed by atoms with Crippen LogP contribution in [0.1, 0.15) is 45.4 Å². The van der Waals surface area contributed by atoms with Crippen LogP contribution < -0.4 is 0 Å². The first-order valence-corrected chi connectivity index (χ1v) is 6.93. The van der Waals surface area contributed by atoms with Crippen molar-refractivity contribution in [2.24, 2.45) is 0 Å². The molecule has 0 aliphatic carbocycles. The second kappa shape index (κ2) is 5.95. The third-order valence-electron chi connectivity index (χ3n) is 3.56. The maximum Gasteiger partial charge on any atom is 0.169 e. The molecular weight excluding hydrogens is 248 g/mol. The zero-order valence-corrected chi connectivity index (χ0v) is 12.5. The minimum atomic E-state index is 0.114. The van der Waals surface area contributed by atoms with Gasteiger partial charge in [-0.15, -0.1) is 0 Å². The smallest absolute Gasteiger partial charge is 0.169 e. The number of carbonyl (C=O) groups excluding carboxylic acids is 1. The Bertz CT molecular complexity index is 647. The van der Waals surface area contributed by atoms with E-state index >= 15 is 0 Å². The molecule has 3 nitrogen and oxygen atoms in total. The van der Waals surface area contributed by atoms with E-state index in [1.807, 2.05) is 26.0 Å². The van der Waals surface area contributed by atoms with Crippen molar-refractivity contribution in [3.8, 4) is 0 Å². The lowest BCUT2D eigenvalue weighted by molar-refractivity contribution is 0.0991. The van der Waals surface area contributed by atoms with Crippen LogP contribution in [-0.4, -0.2) is 16.0 Å². The predicted octanol–water partition coefficient (Wildman–Crippen LogP) is 3.39. The molecule has 20 heavy (non-hydrogen) atoms. The summed E-state index contributed by atoms with van der Waals surface area (Å²) < 4.78 is 0. The fraction of sp³-hybridized carbons (Fsp3) is 0.353. The Morgan fingerprint density at radius 1 is 1.05 bits per heavy atom. The Labute approximate surface area is 120 Å². The van der Waals surface area contributed by atoms with E-state index in [2.05, 4.69) is 36.2 Å². The van der Waals surface area contributed by atoms with Crippen molar-refractivity contribution in [2.75, 3.05) is 0 Å². The summed E-state index contributed by atoms with van der Waals surface area (Å²) in [6, 6.07) is 8.01. The van der Waals surface area contributed by atoms with Gasteiger partial charge in [-0.05, 0) is 49.9 Å². The van der Waals surface area contributed by atoms with Gasteiger partial charge >= 0.3 is 0 Å². The number of rotatable bonds is 4. The Kier molecular flexibility index (Phi) is 4.28. The van der Waals surface area contributed by atoms with Gasteiger partial charge in [0.25, 0.3) is 0 Å². The van der Waals surface area contributed by atoms with E-state index < -0.39 is 0 Å². The molecule has 0 radical (unpaired) electrons. The van der Waals surface area contributed by atoms with Gasteiger partial charge in [0.15, 0.2) is 5.78 Å². The van der Waals surface area contributed by atoms with Crippen LogP contribution in [0, 0.1) is 20.8 Å². The van der Waals surface area contributed by atoms with E-state index in [0.29, 0.717) is 12.0 Å². The highest BCUT2D eigenvalue weighted by molar-refractivity contribution is 5.98. The number of hydrogen-bond donors (Lipinski definition) is 0. The maximum absolute atomic E-state index is 12.5. The molecule has 0 fully saturated rings. The van der Waals surface area contributed by atoms with Gasteiger partial charge in [-0.3, -0.25) is 4.79 Å². The number of benzene rings is 1. The molecule has 1 aromatic carbocycles. The van der Waals surface area contributed by atoms with E-state index in [1.165, 1.54) is 11.1 Å². The quantitative estimate of drug-likeness (QED) is 0.798. The lowest BCUT2D eigenvalue weighted by Crippen LogP contribution is -2.10. The molecule has 2 rings (SSSR count). The average Bonchev–Trinajstić information content (AvgIpc) is 2.43. The van der Waals surface area contributed by atoms with Crippen LogP contribution in [0.25, 0.3) is 0 Å². The summed E-state index contributed by atoms with van der Waals surface area (Å²) >= 11 is 0. The highest BCUT2D eigenvalue weighted by Crippen LogP contribution is 2.15. The van der Waals surface area contributed by atoms with Crippen molar-refractivity contribution in [1.29, 1.82) is 0 Å². The minimum Gasteiger partial charge on any atom is -0.294 e. The molecular formula is C17H20N2O. The lowest BCUT2D eigenvalue weighted by atomic mass is 9.98. The van der Waals surface area contributed by atoms with Crippen LogP contribution in [-0.2, 0) is 12.8 Å². The van der Waals surface area contributed by atoms with Gasteiger partial charge in [0, 0.05) is 12.0 Å². The molecule has 0 saturated heterocycles. The van der Waals surface area contributed by atoms with E-state index in [4.69, 9.17) is 0 Å². The normalized spacial score (nSPS) is 10.6. The molecule has 0 aliphatic heterocycles. The zero-order valence-electron chi connectivity index (χ0n) is 12.5. The molecule has 0 amide bonds. The molecule has 2 aromatic rings. The fourth-order valence-electron chi connectivity index (χ4n) is 2.21. The van der Waals surface area contributed by atoms with Crippen molar-refractivity contribution in [3.63, 3.8) is 0 Å². The van der Waals surface area contributed by atoms with Crippen molar-refractivity contribution >= 4 is 5.78 Å². The number of hydrogen-bond acceptors (Lipinski definition) is 3. The molecule has 1 aromatic heterocycles. The molecule has 104 valence electrons. The number of nitrogens with zero attached hydrogens (tertiary/aromatic N) is 2. The fourth-order valence-corrected chi connectivity index (χ4v) is 2.21. The van der Waals surface area contributed by atoms with E-state index in [-0.39, 0.29) is 5.78 Å². The molecule has 0 aliphatic rings. The second-order valence-corrected chi connectivity index (χ2v) is 5.22. The van der Waals surface area contributed by atoms with Crippen LogP contribution >= 0.6 is 0 Å². The summed E-state index contributed by atoms with van der Waals surface area (Å²) in [6.45, 7) is 8.00. The first kappa shape index (κ1) is 14.4. The van der Waals surface area contributed by atoms with Gasteiger partial charge in [0.2, 0.25) is 0 Å². The van der Waals surface area contributed by atoms with Crippen LogP contribution in [0.15, 0.2) is 24.3 Å². The molecule has 1 heterocycles. The molecule has 3 heteroatoms. The standard InChI is InChI=1S/C17H20N2O/c1-5-16-15(9-13(4)18-19-16)17(20)10-14-7-6-11(2)12(3)8-14/h6-9H,5,10H2,1-4H3. The molecule has 0 saturated carbocycles. The highest BCUT2D eigenvalue weighted by Gasteiger charge is 2.13. The van der Waals surface area contributed by atoms with Gasteiger partial charge in [0.05, 0.1) is 11.4 Å². The number of ketones is 1. The monoisotopic (exact) mass is 268 g/mol. The van der Waals surface area contributed by atoms with Crippen LogP contribution in [0.4, 0.5) is 0 Å². The maximum atomic E-state index is 12.5. The Morgan fingerprint density at radius 3 is 2.45 bits per heavy atom. The minimum absolute atomic E-state index is 0.114. The number of carbonyl (C=O) groups is 1. The number of aromatic nitrogens is 2. The third kappa shape index (κ3) is 3.10. The molecule has 0 atom stereocenters. The Morgan fingerprint density at radius 2 is 1.80 bits per heavy atom. The summed E-state index contributed by atoms with van der Waals surface area (Å²) in [4.78, 5) is 12.5. The molecule has 0 spiro atoms. The Hall–Kier alpha value is -2.03. The third-order valence-corrected chi connectivity index (χ3v) is 3.56. The first-order chi connectivity index (χ1) is 9.51. The van der Waals surface area contributed by atoms with Crippen LogP contribution in [0.2, 0.25) is 0 Å². The number of Topliss-reactive ketones (excluding diaryl/α,β-unsaturated/α-hetero) is 1. The largest absolute Gasteiger partial charge is 0.294 e. The second-order valence-electron chi connectivity index (χ2n) is 5.22. The predicted molar refractivity (Wildman–Crippen MR) is 80.1 cm³/mol. The Balaban J connectivity index is 2.27. The summed E-state index contributed by atoms with van der Waals surface area (Å²) in [5.41, 5.74) is 5.79. The van der Waals surface area contributed by atoms with Gasteiger partial charge < -0.3 is 0 Å². The van der Waals surface area contributed by atoms with E-state index in [9.17, 15) is 4.79 Å². The van der Waals surface area contributed by atoms with E-state index in [1.54, 1.807) is 0 Å². The summed E-state index contributed by atoms with van der Waals surface area (Å²) in [5.74, 6) is 0.114. The average molecular weight is 268 g/mol. The highest BCUT2D eigenvalue weighted by atomic mass is 16.1. The SMILES string of the molecule is CCc1nnc(C)cc1C(=O)Cc1ccc(C)c(C)c1. The molecule has 0 N–H and O–H groups in total. The molecule has 0 unspecified atom stereocenters. The van der Waals surface area contributed by atoms with Gasteiger partial charge in [-0.2, -0.15) is 10.2 Å². The van der Waals surface area contributed by atoms with Crippen molar-refractivity contribution in [2.45, 2.75) is 40.5 Å². The number of aryl methyl sites for hydroxylation is 4. The molecule has 0 bridgehead atoms. The van der Waals surface area contributed by atoms with Crippen LogP contribution in [0.5, 0.6) is 0 Å². The van der Waals surface area contributed by atoms with Crippen molar-refractivity contribution < 1.29 is 4.79 Å². The van der Waals surface area contributed by atoms with E-state index in [0.717, 1.165) is 23.4 Å². The first-order valence-electron chi connectivity index (χ1n) is 6.93. The lowest BCUT2D eigenvalue weighted by Gasteiger charge is -2.08. The van der Waals surface area contributed by atoms with Crippen molar-refractivity contribution in [1.82, 2.24) is 10.2 Å². The zero-order chi connectivity index (χ0) is 14.7.